The Labute approximate surface area is 72.3 Å². The van der Waals surface area contributed by atoms with Crippen molar-refractivity contribution >= 4 is 5.91 Å². The van der Waals surface area contributed by atoms with E-state index in [4.69, 9.17) is 5.73 Å². The number of amides is 1. The van der Waals surface area contributed by atoms with E-state index in [0.717, 1.165) is 19.4 Å². The normalized spacial score (nSPS) is 27.3. The van der Waals surface area contributed by atoms with Gasteiger partial charge in [0, 0.05) is 6.54 Å². The maximum atomic E-state index is 10.9. The Morgan fingerprint density at radius 2 is 2.50 bits per heavy atom. The molecule has 0 aliphatic carbocycles. The van der Waals surface area contributed by atoms with Crippen molar-refractivity contribution < 1.29 is 9.90 Å². The zero-order chi connectivity index (χ0) is 9.14. The monoisotopic (exact) mass is 172 g/mol. The highest BCUT2D eigenvalue weighted by molar-refractivity contribution is 5.79. The molecule has 1 aliphatic heterocycles. The summed E-state index contributed by atoms with van der Waals surface area (Å²) in [5.74, 6) is -0.335. The molecule has 1 fully saturated rings. The number of primary amides is 1. The lowest BCUT2D eigenvalue weighted by molar-refractivity contribution is -0.126. The van der Waals surface area contributed by atoms with E-state index in [0.29, 0.717) is 6.42 Å². The number of nitrogens with zero attached hydrogens (tertiary/aromatic N) is 1. The van der Waals surface area contributed by atoms with Gasteiger partial charge in [0.15, 0.2) is 0 Å². The summed E-state index contributed by atoms with van der Waals surface area (Å²) in [6.07, 6.45) is 1.91. The van der Waals surface area contributed by atoms with Crippen LogP contribution in [-0.2, 0) is 4.79 Å². The first-order valence-electron chi connectivity index (χ1n) is 4.40. The average Bonchev–Trinajstić information content (AvgIpc) is 2.38. The Bertz CT molecular complexity index is 172. The second-order valence-corrected chi connectivity index (χ2v) is 3.19. The Morgan fingerprint density at radius 1 is 1.83 bits per heavy atom. The minimum Gasteiger partial charge on any atom is -0.378 e. The van der Waals surface area contributed by atoms with Crippen LogP contribution in [0.1, 0.15) is 26.2 Å². The molecular weight excluding hydrogens is 156 g/mol. The summed E-state index contributed by atoms with van der Waals surface area (Å²) in [6.45, 7) is 2.68. The fraction of sp³-hybridized carbons (Fsp3) is 0.875. The molecule has 0 aromatic carbocycles. The fourth-order valence-corrected chi connectivity index (χ4v) is 1.73. The number of carbonyl (C=O) groups is 1. The topological polar surface area (TPSA) is 66.6 Å². The number of aliphatic hydroxyl groups excluding tert-OH is 1. The number of rotatable bonds is 3. The summed E-state index contributed by atoms with van der Waals surface area (Å²) in [6, 6.07) is -0.289. The molecule has 0 saturated carbocycles. The predicted octanol–water partition coefficient (Wildman–Crippen LogP) is -0.336. The second kappa shape index (κ2) is 3.87. The largest absolute Gasteiger partial charge is 0.378 e. The Kier molecular flexibility index (Phi) is 3.05. The molecule has 1 saturated heterocycles. The third-order valence-electron chi connectivity index (χ3n) is 2.38. The molecule has 0 bridgehead atoms. The number of carbonyl (C=O) groups excluding carboxylic acids is 1. The molecule has 1 heterocycles. The molecule has 0 radical (unpaired) electrons. The summed E-state index contributed by atoms with van der Waals surface area (Å²) in [5, 5.41) is 9.46. The third kappa shape index (κ3) is 1.76. The maximum Gasteiger partial charge on any atom is 0.234 e. The Balaban J connectivity index is 2.58. The molecule has 4 heteroatoms. The van der Waals surface area contributed by atoms with Gasteiger partial charge >= 0.3 is 0 Å². The molecule has 12 heavy (non-hydrogen) atoms. The Morgan fingerprint density at radius 3 is 2.83 bits per heavy atom. The average molecular weight is 172 g/mol. The molecule has 1 amide bonds. The van der Waals surface area contributed by atoms with E-state index in [1.807, 2.05) is 6.92 Å². The maximum absolute atomic E-state index is 10.9. The van der Waals surface area contributed by atoms with Crippen LogP contribution in [0.3, 0.4) is 0 Å². The van der Waals surface area contributed by atoms with Crippen molar-refractivity contribution in [3.8, 4) is 0 Å². The number of nitrogens with two attached hydrogens (primary N) is 1. The lowest BCUT2D eigenvalue weighted by Gasteiger charge is -2.26. The van der Waals surface area contributed by atoms with Gasteiger partial charge in [-0.05, 0) is 19.3 Å². The van der Waals surface area contributed by atoms with Crippen molar-refractivity contribution in [2.24, 2.45) is 5.73 Å². The van der Waals surface area contributed by atoms with Crippen molar-refractivity contribution in [1.29, 1.82) is 0 Å². The van der Waals surface area contributed by atoms with Crippen LogP contribution in [0.15, 0.2) is 0 Å². The molecule has 0 spiro atoms. The summed E-state index contributed by atoms with van der Waals surface area (Å²) >= 11 is 0. The molecule has 4 nitrogen and oxygen atoms in total. The van der Waals surface area contributed by atoms with E-state index in [9.17, 15) is 9.90 Å². The minimum absolute atomic E-state index is 0.289. The Hall–Kier alpha value is -0.610. The number of aliphatic hydroxyl groups is 1. The van der Waals surface area contributed by atoms with Crippen LogP contribution >= 0.6 is 0 Å². The minimum atomic E-state index is -0.470. The van der Waals surface area contributed by atoms with Crippen LogP contribution in [0, 0.1) is 0 Å². The first-order chi connectivity index (χ1) is 5.66. The van der Waals surface area contributed by atoms with E-state index >= 15 is 0 Å². The predicted molar refractivity (Wildman–Crippen MR) is 45.2 cm³/mol. The van der Waals surface area contributed by atoms with E-state index in [1.54, 1.807) is 4.90 Å². The van der Waals surface area contributed by atoms with Gasteiger partial charge in [-0.3, -0.25) is 9.69 Å². The molecule has 0 aromatic heterocycles. The van der Waals surface area contributed by atoms with Crippen molar-refractivity contribution in [1.82, 2.24) is 4.90 Å². The van der Waals surface area contributed by atoms with Gasteiger partial charge in [0.05, 0.1) is 6.04 Å². The quantitative estimate of drug-likeness (QED) is 0.612. The SMILES string of the molecule is CC[C@H](C(N)=O)N1CCCC1O. The zero-order valence-electron chi connectivity index (χ0n) is 7.36. The van der Waals surface area contributed by atoms with Crippen LogP contribution in [0.4, 0.5) is 0 Å². The fourth-order valence-electron chi connectivity index (χ4n) is 1.73. The number of hydrogen-bond acceptors (Lipinski definition) is 3. The van der Waals surface area contributed by atoms with Crippen LogP contribution in [0.5, 0.6) is 0 Å². The van der Waals surface area contributed by atoms with Gasteiger partial charge in [-0.1, -0.05) is 6.92 Å². The molecule has 2 atom stereocenters. The third-order valence-corrected chi connectivity index (χ3v) is 2.38. The van der Waals surface area contributed by atoms with E-state index in [1.165, 1.54) is 0 Å². The van der Waals surface area contributed by atoms with Gasteiger partial charge in [-0.15, -0.1) is 0 Å². The van der Waals surface area contributed by atoms with Gasteiger partial charge in [0.2, 0.25) is 5.91 Å². The molecule has 1 rings (SSSR count). The van der Waals surface area contributed by atoms with E-state index in [-0.39, 0.29) is 11.9 Å². The summed E-state index contributed by atoms with van der Waals surface area (Å²) in [5.41, 5.74) is 5.20. The summed E-state index contributed by atoms with van der Waals surface area (Å²) < 4.78 is 0. The van der Waals surface area contributed by atoms with Gasteiger partial charge < -0.3 is 10.8 Å². The first-order valence-corrected chi connectivity index (χ1v) is 4.40. The van der Waals surface area contributed by atoms with Crippen molar-refractivity contribution in [3.63, 3.8) is 0 Å². The van der Waals surface area contributed by atoms with Crippen LogP contribution < -0.4 is 5.73 Å². The van der Waals surface area contributed by atoms with Crippen molar-refractivity contribution in [3.05, 3.63) is 0 Å². The molecular formula is C8H16N2O2. The molecule has 0 aromatic rings. The standard InChI is InChI=1S/C8H16N2O2/c1-2-6(8(9)12)10-5-3-4-7(10)11/h6-7,11H,2-5H2,1H3,(H2,9,12)/t6-,7?/m1/s1. The number of hydrogen-bond donors (Lipinski definition) is 2. The van der Waals surface area contributed by atoms with E-state index < -0.39 is 6.23 Å². The van der Waals surface area contributed by atoms with Crippen LogP contribution in [0.2, 0.25) is 0 Å². The molecule has 1 aliphatic rings. The summed E-state index contributed by atoms with van der Waals surface area (Å²) in [7, 11) is 0. The smallest absolute Gasteiger partial charge is 0.234 e. The molecule has 70 valence electrons. The van der Waals surface area contributed by atoms with Gasteiger partial charge in [0.25, 0.3) is 0 Å². The van der Waals surface area contributed by atoms with Crippen LogP contribution in [0.25, 0.3) is 0 Å². The highest BCUT2D eigenvalue weighted by Crippen LogP contribution is 2.19. The highest BCUT2D eigenvalue weighted by atomic mass is 16.3. The first kappa shape index (κ1) is 9.48. The van der Waals surface area contributed by atoms with Gasteiger partial charge in [-0.25, -0.2) is 0 Å². The van der Waals surface area contributed by atoms with Gasteiger partial charge in [0.1, 0.15) is 6.23 Å². The molecule has 1 unspecified atom stereocenters. The van der Waals surface area contributed by atoms with E-state index in [2.05, 4.69) is 0 Å². The summed E-state index contributed by atoms with van der Waals surface area (Å²) in [4.78, 5) is 12.7. The van der Waals surface area contributed by atoms with Gasteiger partial charge in [-0.2, -0.15) is 0 Å². The lowest BCUT2D eigenvalue weighted by Crippen LogP contribution is -2.46. The van der Waals surface area contributed by atoms with Crippen molar-refractivity contribution in [2.45, 2.75) is 38.5 Å². The highest BCUT2D eigenvalue weighted by Gasteiger charge is 2.30. The van der Waals surface area contributed by atoms with Crippen LogP contribution in [-0.4, -0.2) is 34.7 Å². The zero-order valence-corrected chi connectivity index (χ0v) is 7.36. The van der Waals surface area contributed by atoms with Crippen molar-refractivity contribution in [2.75, 3.05) is 6.54 Å². The number of likely N-dealkylation sites (tertiary alicyclic amines) is 1. The lowest BCUT2D eigenvalue weighted by atomic mass is 10.2. The molecule has 3 N–H and O–H groups in total. The second-order valence-electron chi connectivity index (χ2n) is 3.19.